The van der Waals surface area contributed by atoms with Gasteiger partial charge in [0.15, 0.2) is 0 Å². The zero-order valence-electron chi connectivity index (χ0n) is 17.9. The maximum atomic E-state index is 13.2. The second-order valence-electron chi connectivity index (χ2n) is 7.63. The maximum Gasteiger partial charge on any atom is 0.263 e. The summed E-state index contributed by atoms with van der Waals surface area (Å²) >= 11 is 1.42. The van der Waals surface area contributed by atoms with Gasteiger partial charge in [0.1, 0.15) is 11.4 Å². The Kier molecular flexibility index (Phi) is 5.87. The van der Waals surface area contributed by atoms with E-state index in [4.69, 9.17) is 0 Å². The standard InChI is InChI=1S/C24H22N4O3S/c1-14-4-9-19(15(2)10-14)20-12-32-23-22(20)24(31)28(13-25-23)11-21(30)27-18-7-5-17(6-8-18)26-16(3)29/h4-10,12-13H,11H2,1-3H3,(H,26,29)(H,27,30). The largest absolute Gasteiger partial charge is 0.326 e. The van der Waals surface area contributed by atoms with Crippen LogP contribution in [0.1, 0.15) is 18.1 Å². The highest BCUT2D eigenvalue weighted by molar-refractivity contribution is 7.17. The van der Waals surface area contributed by atoms with Crippen molar-refractivity contribution in [3.05, 3.63) is 75.7 Å². The van der Waals surface area contributed by atoms with E-state index in [0.717, 1.165) is 22.3 Å². The van der Waals surface area contributed by atoms with E-state index in [2.05, 4.69) is 21.7 Å². The molecule has 0 saturated heterocycles. The number of anilines is 2. The monoisotopic (exact) mass is 446 g/mol. The molecule has 0 saturated carbocycles. The predicted octanol–water partition coefficient (Wildman–Crippen LogP) is 4.34. The third kappa shape index (κ3) is 4.45. The minimum Gasteiger partial charge on any atom is -0.326 e. The molecule has 0 aliphatic rings. The van der Waals surface area contributed by atoms with Gasteiger partial charge in [0.25, 0.3) is 5.56 Å². The van der Waals surface area contributed by atoms with Crippen LogP contribution in [-0.2, 0) is 16.1 Å². The number of rotatable bonds is 5. The summed E-state index contributed by atoms with van der Waals surface area (Å²) in [6.45, 7) is 5.32. The van der Waals surface area contributed by atoms with Crippen LogP contribution in [0.25, 0.3) is 21.3 Å². The summed E-state index contributed by atoms with van der Waals surface area (Å²) in [4.78, 5) is 41.9. The van der Waals surface area contributed by atoms with Gasteiger partial charge in [-0.05, 0) is 49.2 Å². The van der Waals surface area contributed by atoms with E-state index in [1.807, 2.05) is 31.4 Å². The summed E-state index contributed by atoms with van der Waals surface area (Å²) in [5.41, 5.74) is 5.02. The van der Waals surface area contributed by atoms with Crippen molar-refractivity contribution in [1.82, 2.24) is 9.55 Å². The number of hydrogen-bond acceptors (Lipinski definition) is 5. The third-order valence-corrected chi connectivity index (χ3v) is 5.92. The zero-order chi connectivity index (χ0) is 22.8. The molecule has 2 aromatic carbocycles. The van der Waals surface area contributed by atoms with E-state index >= 15 is 0 Å². The van der Waals surface area contributed by atoms with Gasteiger partial charge in [-0.25, -0.2) is 4.98 Å². The average molecular weight is 447 g/mol. The first-order valence-corrected chi connectivity index (χ1v) is 10.9. The molecule has 2 N–H and O–H groups in total. The molecule has 7 nitrogen and oxygen atoms in total. The molecule has 162 valence electrons. The number of nitrogens with one attached hydrogen (secondary N) is 2. The number of aromatic nitrogens is 2. The fourth-order valence-corrected chi connectivity index (χ4v) is 4.49. The second kappa shape index (κ2) is 8.76. The smallest absolute Gasteiger partial charge is 0.263 e. The number of aryl methyl sites for hydroxylation is 2. The summed E-state index contributed by atoms with van der Waals surface area (Å²) in [6, 6.07) is 12.9. The highest BCUT2D eigenvalue weighted by Crippen LogP contribution is 2.33. The van der Waals surface area contributed by atoms with Crippen molar-refractivity contribution < 1.29 is 9.59 Å². The lowest BCUT2D eigenvalue weighted by molar-refractivity contribution is -0.117. The van der Waals surface area contributed by atoms with Crippen molar-refractivity contribution in [2.45, 2.75) is 27.3 Å². The molecule has 0 aliphatic carbocycles. The van der Waals surface area contributed by atoms with Crippen molar-refractivity contribution in [1.29, 1.82) is 0 Å². The third-order valence-electron chi connectivity index (χ3n) is 5.04. The molecule has 2 amide bonds. The minimum atomic E-state index is -0.344. The van der Waals surface area contributed by atoms with Gasteiger partial charge in [-0.2, -0.15) is 0 Å². The fourth-order valence-electron chi connectivity index (χ4n) is 3.59. The van der Waals surface area contributed by atoms with Crippen LogP contribution in [0.4, 0.5) is 11.4 Å². The zero-order valence-corrected chi connectivity index (χ0v) is 18.7. The summed E-state index contributed by atoms with van der Waals surface area (Å²) in [5, 5.41) is 7.90. The van der Waals surface area contributed by atoms with Crippen molar-refractivity contribution in [2.24, 2.45) is 0 Å². The predicted molar refractivity (Wildman–Crippen MR) is 128 cm³/mol. The Morgan fingerprint density at radius 1 is 1.00 bits per heavy atom. The van der Waals surface area contributed by atoms with Crippen LogP contribution in [0.2, 0.25) is 0 Å². The topological polar surface area (TPSA) is 93.1 Å². The van der Waals surface area contributed by atoms with Crippen LogP contribution in [0.5, 0.6) is 0 Å². The van der Waals surface area contributed by atoms with Gasteiger partial charge in [-0.15, -0.1) is 11.3 Å². The highest BCUT2D eigenvalue weighted by Gasteiger charge is 2.16. The lowest BCUT2D eigenvalue weighted by atomic mass is 9.99. The Morgan fingerprint density at radius 3 is 2.34 bits per heavy atom. The number of nitrogens with zero attached hydrogens (tertiary/aromatic N) is 2. The van der Waals surface area contributed by atoms with Gasteiger partial charge in [0.2, 0.25) is 11.8 Å². The second-order valence-corrected chi connectivity index (χ2v) is 8.49. The number of thiophene rings is 1. The molecule has 0 aliphatic heterocycles. The van der Waals surface area contributed by atoms with E-state index in [-0.39, 0.29) is 23.9 Å². The van der Waals surface area contributed by atoms with Crippen LogP contribution in [-0.4, -0.2) is 21.4 Å². The number of fused-ring (bicyclic) bond motifs is 1. The van der Waals surface area contributed by atoms with Gasteiger partial charge < -0.3 is 10.6 Å². The molecule has 32 heavy (non-hydrogen) atoms. The van der Waals surface area contributed by atoms with Crippen molar-refractivity contribution in [2.75, 3.05) is 10.6 Å². The first-order valence-electron chi connectivity index (χ1n) is 10.0. The molecule has 0 bridgehead atoms. The molecule has 2 heterocycles. The van der Waals surface area contributed by atoms with Crippen LogP contribution >= 0.6 is 11.3 Å². The van der Waals surface area contributed by atoms with Gasteiger partial charge >= 0.3 is 0 Å². The Hall–Kier alpha value is -3.78. The molecular formula is C24H22N4O3S. The number of benzene rings is 2. The Labute approximate surface area is 188 Å². The Bertz CT molecular complexity index is 1390. The minimum absolute atomic E-state index is 0.155. The molecule has 2 aromatic heterocycles. The van der Waals surface area contributed by atoms with E-state index < -0.39 is 0 Å². The van der Waals surface area contributed by atoms with E-state index in [9.17, 15) is 14.4 Å². The molecular weight excluding hydrogens is 424 g/mol. The highest BCUT2D eigenvalue weighted by atomic mass is 32.1. The molecule has 0 unspecified atom stereocenters. The summed E-state index contributed by atoms with van der Waals surface area (Å²) in [6.07, 6.45) is 1.41. The molecule has 0 radical (unpaired) electrons. The number of hydrogen-bond donors (Lipinski definition) is 2. The van der Waals surface area contributed by atoms with Crippen LogP contribution < -0.4 is 16.2 Å². The molecule has 4 aromatic rings. The molecule has 8 heteroatoms. The van der Waals surface area contributed by atoms with Gasteiger partial charge in [0, 0.05) is 29.2 Å². The van der Waals surface area contributed by atoms with Crippen LogP contribution in [0.3, 0.4) is 0 Å². The van der Waals surface area contributed by atoms with Gasteiger partial charge in [-0.3, -0.25) is 19.0 Å². The van der Waals surface area contributed by atoms with Gasteiger partial charge in [-0.1, -0.05) is 23.8 Å². The Morgan fingerprint density at radius 2 is 1.69 bits per heavy atom. The van der Waals surface area contributed by atoms with Crippen LogP contribution in [0.15, 0.2) is 59.0 Å². The summed E-state index contributed by atoms with van der Waals surface area (Å²) in [7, 11) is 0. The summed E-state index contributed by atoms with van der Waals surface area (Å²) < 4.78 is 1.32. The number of carbonyl (C=O) groups is 2. The normalized spacial score (nSPS) is 10.8. The molecule has 0 fully saturated rings. The quantitative estimate of drug-likeness (QED) is 0.477. The van der Waals surface area contributed by atoms with Crippen molar-refractivity contribution in [3.63, 3.8) is 0 Å². The van der Waals surface area contributed by atoms with Crippen molar-refractivity contribution in [3.8, 4) is 11.1 Å². The summed E-state index contributed by atoms with van der Waals surface area (Å²) in [5.74, 6) is -0.512. The molecule has 0 atom stereocenters. The number of amides is 2. The molecule has 0 spiro atoms. The lowest BCUT2D eigenvalue weighted by Gasteiger charge is -2.09. The van der Waals surface area contributed by atoms with Crippen LogP contribution in [0, 0.1) is 13.8 Å². The average Bonchev–Trinajstić information content (AvgIpc) is 3.16. The SMILES string of the molecule is CC(=O)Nc1ccc(NC(=O)Cn2cnc3scc(-c4ccc(C)cc4C)c3c2=O)cc1. The fraction of sp³-hybridized carbons (Fsp3) is 0.167. The van der Waals surface area contributed by atoms with E-state index in [1.165, 1.54) is 29.2 Å². The Balaban J connectivity index is 1.58. The van der Waals surface area contributed by atoms with Crippen molar-refractivity contribution >= 4 is 44.7 Å². The first-order chi connectivity index (χ1) is 15.3. The van der Waals surface area contributed by atoms with E-state index in [1.54, 1.807) is 24.3 Å². The lowest BCUT2D eigenvalue weighted by Crippen LogP contribution is -2.27. The maximum absolute atomic E-state index is 13.2. The number of carbonyl (C=O) groups excluding carboxylic acids is 2. The van der Waals surface area contributed by atoms with Gasteiger partial charge in [0.05, 0.1) is 11.7 Å². The molecule has 4 rings (SSSR count). The van der Waals surface area contributed by atoms with E-state index in [0.29, 0.717) is 21.6 Å². The first kappa shape index (κ1) is 21.5.